The van der Waals surface area contributed by atoms with Gasteiger partial charge >= 0.3 is 0 Å². The Morgan fingerprint density at radius 1 is 1.42 bits per heavy atom. The lowest BCUT2D eigenvalue weighted by Gasteiger charge is -2.40. The van der Waals surface area contributed by atoms with Gasteiger partial charge in [0.05, 0.1) is 18.0 Å². The molecule has 0 aliphatic carbocycles. The van der Waals surface area contributed by atoms with Crippen LogP contribution in [0.4, 0.5) is 5.82 Å². The number of ether oxygens (including phenoxy) is 1. The summed E-state index contributed by atoms with van der Waals surface area (Å²) in [6.07, 6.45) is 2.28. The maximum atomic E-state index is 10.9. The van der Waals surface area contributed by atoms with Crippen LogP contribution in [0.2, 0.25) is 0 Å². The molecule has 3 N–H and O–H groups in total. The van der Waals surface area contributed by atoms with Gasteiger partial charge in [0.1, 0.15) is 17.9 Å². The zero-order valence-corrected chi connectivity index (χ0v) is 15.5. The van der Waals surface area contributed by atoms with Gasteiger partial charge in [0.15, 0.2) is 0 Å². The third-order valence-electron chi connectivity index (χ3n) is 3.99. The van der Waals surface area contributed by atoms with Crippen LogP contribution in [0.15, 0.2) is 22.9 Å². The maximum Gasteiger partial charge on any atom is 0.274 e. The molecule has 0 saturated carbocycles. The van der Waals surface area contributed by atoms with Crippen LogP contribution in [0.1, 0.15) is 6.42 Å². The number of anilines is 1. The van der Waals surface area contributed by atoms with Crippen LogP contribution in [0, 0.1) is 5.92 Å². The third-order valence-corrected chi connectivity index (χ3v) is 5.22. The second-order valence-corrected chi connectivity index (χ2v) is 7.93. The van der Waals surface area contributed by atoms with Crippen molar-refractivity contribution in [1.29, 1.82) is 0 Å². The van der Waals surface area contributed by atoms with Crippen molar-refractivity contribution in [3.63, 3.8) is 0 Å². The summed E-state index contributed by atoms with van der Waals surface area (Å²) < 4.78 is 30.2. The normalized spacial score (nSPS) is 15.5. The monoisotopic (exact) mass is 415 g/mol. The lowest BCUT2D eigenvalue weighted by Crippen LogP contribution is -2.48. The van der Waals surface area contributed by atoms with Gasteiger partial charge in [-0.3, -0.25) is 0 Å². The molecule has 130 valence electrons. The zero-order chi connectivity index (χ0) is 17.3. The molecule has 24 heavy (non-hydrogen) atoms. The molecule has 1 saturated heterocycles. The quantitative estimate of drug-likeness (QED) is 0.728. The fraction of sp³-hybridized carbons (Fsp3) is 0.429. The van der Waals surface area contributed by atoms with E-state index in [0.717, 1.165) is 46.5 Å². The highest BCUT2D eigenvalue weighted by Crippen LogP contribution is 2.36. The molecule has 0 amide bonds. The lowest BCUT2D eigenvalue weighted by atomic mass is 9.96. The van der Waals surface area contributed by atoms with E-state index in [1.165, 1.54) is 0 Å². The largest absolute Gasteiger partial charge is 0.497 e. The molecule has 0 unspecified atom stereocenters. The molecule has 8 nitrogen and oxygen atoms in total. The summed E-state index contributed by atoms with van der Waals surface area (Å²) in [5.41, 5.74) is 0.811. The van der Waals surface area contributed by atoms with Gasteiger partial charge < -0.3 is 9.64 Å². The second-order valence-electron chi connectivity index (χ2n) is 5.70. The molecular weight excluding hydrogens is 398 g/mol. The number of nitrogens with zero attached hydrogens (tertiary/aromatic N) is 3. The minimum atomic E-state index is -3.61. The summed E-state index contributed by atoms with van der Waals surface area (Å²) in [6.45, 7) is 1.98. The highest BCUT2D eigenvalue weighted by atomic mass is 79.9. The SMILES string of the molecule is COc1cc(Br)c2c(N3CC(CCNS(N)(=O)=O)C3)ncnc2c1. The molecule has 1 aliphatic rings. The molecular formula is C14H18BrN5O3S. The van der Waals surface area contributed by atoms with Gasteiger partial charge in [-0.1, -0.05) is 0 Å². The fourth-order valence-corrected chi connectivity index (χ4v) is 3.80. The summed E-state index contributed by atoms with van der Waals surface area (Å²) in [4.78, 5) is 10.9. The van der Waals surface area contributed by atoms with Crippen LogP contribution >= 0.6 is 15.9 Å². The van der Waals surface area contributed by atoms with E-state index in [0.29, 0.717) is 12.5 Å². The summed E-state index contributed by atoms with van der Waals surface area (Å²) in [5.74, 6) is 2.00. The first kappa shape index (κ1) is 17.3. The molecule has 1 aromatic heterocycles. The molecule has 10 heteroatoms. The van der Waals surface area contributed by atoms with E-state index in [4.69, 9.17) is 9.88 Å². The zero-order valence-electron chi connectivity index (χ0n) is 13.1. The van der Waals surface area contributed by atoms with Crippen molar-refractivity contribution in [3.05, 3.63) is 22.9 Å². The first-order chi connectivity index (χ1) is 11.4. The van der Waals surface area contributed by atoms with Crippen LogP contribution in [-0.4, -0.2) is 45.1 Å². The summed E-state index contributed by atoms with van der Waals surface area (Å²) >= 11 is 3.56. The standard InChI is InChI=1S/C14H18BrN5O3S/c1-23-10-4-11(15)13-12(5-10)17-8-18-14(13)20-6-9(7-20)2-3-19-24(16,21)22/h4-5,8-9,19H,2-3,6-7H2,1H3,(H2,16,21,22). The topological polar surface area (TPSA) is 110 Å². The molecule has 0 bridgehead atoms. The summed E-state index contributed by atoms with van der Waals surface area (Å²) in [5, 5.41) is 5.86. The number of hydrogen-bond acceptors (Lipinski definition) is 6. The first-order valence-electron chi connectivity index (χ1n) is 7.38. The van der Waals surface area contributed by atoms with Crippen molar-refractivity contribution in [1.82, 2.24) is 14.7 Å². The van der Waals surface area contributed by atoms with Crippen molar-refractivity contribution >= 4 is 42.9 Å². The Labute approximate surface area is 148 Å². The van der Waals surface area contributed by atoms with Crippen molar-refractivity contribution in [2.45, 2.75) is 6.42 Å². The van der Waals surface area contributed by atoms with Crippen molar-refractivity contribution in [2.75, 3.05) is 31.6 Å². The van der Waals surface area contributed by atoms with Gasteiger partial charge in [-0.25, -0.2) is 19.8 Å². The number of rotatable bonds is 6. The third kappa shape index (κ3) is 3.77. The summed E-state index contributed by atoms with van der Waals surface area (Å²) in [6, 6.07) is 3.76. The predicted octanol–water partition coefficient (Wildman–Crippen LogP) is 1.02. The van der Waals surface area contributed by atoms with Crippen LogP contribution in [0.5, 0.6) is 5.75 Å². The van der Waals surface area contributed by atoms with E-state index in [-0.39, 0.29) is 0 Å². The smallest absolute Gasteiger partial charge is 0.274 e. The number of nitrogens with one attached hydrogen (secondary N) is 1. The number of benzene rings is 1. The van der Waals surface area contributed by atoms with Crippen LogP contribution in [0.25, 0.3) is 10.9 Å². The first-order valence-corrected chi connectivity index (χ1v) is 9.72. The molecule has 0 radical (unpaired) electrons. The predicted molar refractivity (Wildman–Crippen MR) is 95.2 cm³/mol. The Kier molecular flexibility index (Phi) is 4.90. The number of nitrogens with two attached hydrogens (primary N) is 1. The molecule has 0 atom stereocenters. The molecule has 1 fully saturated rings. The van der Waals surface area contributed by atoms with Crippen LogP contribution in [-0.2, 0) is 10.2 Å². The minimum Gasteiger partial charge on any atom is -0.497 e. The van der Waals surface area contributed by atoms with Gasteiger partial charge in [0, 0.05) is 30.2 Å². The highest BCUT2D eigenvalue weighted by molar-refractivity contribution is 9.10. The lowest BCUT2D eigenvalue weighted by molar-refractivity contribution is 0.382. The van der Waals surface area contributed by atoms with E-state index in [1.807, 2.05) is 12.1 Å². The molecule has 2 aromatic rings. The van der Waals surface area contributed by atoms with E-state index in [9.17, 15) is 8.42 Å². The number of aromatic nitrogens is 2. The number of fused-ring (bicyclic) bond motifs is 1. The van der Waals surface area contributed by atoms with E-state index < -0.39 is 10.2 Å². The second kappa shape index (κ2) is 6.79. The molecule has 1 aromatic carbocycles. The van der Waals surface area contributed by atoms with E-state index >= 15 is 0 Å². The van der Waals surface area contributed by atoms with Crippen molar-refractivity contribution < 1.29 is 13.2 Å². The maximum absolute atomic E-state index is 10.9. The van der Waals surface area contributed by atoms with Crippen LogP contribution in [0.3, 0.4) is 0 Å². The van der Waals surface area contributed by atoms with Gasteiger partial charge in [-0.05, 0) is 34.3 Å². The Balaban J connectivity index is 1.71. The molecule has 1 aliphatic heterocycles. The Morgan fingerprint density at radius 2 is 2.17 bits per heavy atom. The van der Waals surface area contributed by atoms with Gasteiger partial charge in [0.2, 0.25) is 0 Å². The van der Waals surface area contributed by atoms with Crippen LogP contribution < -0.4 is 19.5 Å². The Hall–Kier alpha value is -1.49. The average molecular weight is 416 g/mol. The van der Waals surface area contributed by atoms with Gasteiger partial charge in [0.25, 0.3) is 10.2 Å². The minimum absolute atomic E-state index is 0.350. The number of halogens is 1. The summed E-state index contributed by atoms with van der Waals surface area (Å²) in [7, 11) is -2.00. The molecule has 3 rings (SSSR count). The molecule has 0 spiro atoms. The van der Waals surface area contributed by atoms with E-state index in [1.54, 1.807) is 13.4 Å². The Morgan fingerprint density at radius 3 is 2.83 bits per heavy atom. The van der Waals surface area contributed by atoms with Crippen molar-refractivity contribution in [3.8, 4) is 5.75 Å². The van der Waals surface area contributed by atoms with E-state index in [2.05, 4.69) is 35.5 Å². The number of methoxy groups -OCH3 is 1. The van der Waals surface area contributed by atoms with Gasteiger partial charge in [-0.15, -0.1) is 0 Å². The Bertz CT molecular complexity index is 855. The molecule has 2 heterocycles. The average Bonchev–Trinajstić information content (AvgIpc) is 2.47. The van der Waals surface area contributed by atoms with Crippen molar-refractivity contribution in [2.24, 2.45) is 11.1 Å². The van der Waals surface area contributed by atoms with Gasteiger partial charge in [-0.2, -0.15) is 8.42 Å². The number of hydrogen-bond donors (Lipinski definition) is 2. The highest BCUT2D eigenvalue weighted by Gasteiger charge is 2.29. The fourth-order valence-electron chi connectivity index (χ4n) is 2.79.